The number of ether oxygens (including phenoxy) is 4. The molecular formula is C18H28Na2O12. The molecule has 2 rings (SSSR count). The van der Waals surface area contributed by atoms with Crippen LogP contribution in [0.4, 0.5) is 0 Å². The van der Waals surface area contributed by atoms with E-state index in [9.17, 15) is 40.2 Å². The Morgan fingerprint density at radius 1 is 0.781 bits per heavy atom. The molecule has 4 N–H and O–H groups in total. The number of carbonyl (C=O) groups is 2. The molecule has 0 aromatic rings. The van der Waals surface area contributed by atoms with Gasteiger partial charge in [0.2, 0.25) is 0 Å². The van der Waals surface area contributed by atoms with E-state index in [2.05, 4.69) is 0 Å². The molecular weight excluding hydrogens is 454 g/mol. The predicted octanol–water partition coefficient (Wildman–Crippen LogP) is -11.2. The molecule has 2 fully saturated rings. The third kappa shape index (κ3) is 7.56. The molecule has 12 nitrogen and oxygen atoms in total. The molecule has 2 heterocycles. The second kappa shape index (κ2) is 14.9. The third-order valence-electron chi connectivity index (χ3n) is 5.62. The molecule has 32 heavy (non-hydrogen) atoms. The van der Waals surface area contributed by atoms with E-state index in [0.717, 1.165) is 0 Å². The first-order valence-electron chi connectivity index (χ1n) is 9.65. The van der Waals surface area contributed by atoms with E-state index in [4.69, 9.17) is 18.9 Å². The van der Waals surface area contributed by atoms with Crippen LogP contribution >= 0.6 is 0 Å². The summed E-state index contributed by atoms with van der Waals surface area (Å²) < 4.78 is 20.7. The third-order valence-corrected chi connectivity index (χ3v) is 5.62. The van der Waals surface area contributed by atoms with Gasteiger partial charge in [-0.25, -0.2) is 0 Å². The number of carbonyl (C=O) groups excluding carboxylic acids is 2. The van der Waals surface area contributed by atoms with Gasteiger partial charge in [-0.2, -0.15) is 0 Å². The zero-order valence-corrected chi connectivity index (χ0v) is 22.7. The van der Waals surface area contributed by atoms with Crippen molar-refractivity contribution in [1.29, 1.82) is 0 Å². The first-order valence-corrected chi connectivity index (χ1v) is 9.65. The molecule has 2 aliphatic rings. The zero-order chi connectivity index (χ0) is 22.6. The van der Waals surface area contributed by atoms with Crippen molar-refractivity contribution in [3.05, 3.63) is 0 Å². The molecule has 2 saturated heterocycles. The molecule has 2 aliphatic heterocycles. The van der Waals surface area contributed by atoms with Gasteiger partial charge in [0.05, 0.1) is 44.0 Å². The average Bonchev–Trinajstić information content (AvgIpc) is 2.69. The Labute approximate surface area is 229 Å². The predicted molar refractivity (Wildman–Crippen MR) is 91.3 cm³/mol. The largest absolute Gasteiger partial charge is 1.00 e. The Hall–Kier alpha value is 0.620. The van der Waals surface area contributed by atoms with Gasteiger partial charge in [-0.3, -0.25) is 0 Å². The van der Waals surface area contributed by atoms with E-state index in [1.807, 2.05) is 0 Å². The van der Waals surface area contributed by atoms with Crippen molar-refractivity contribution in [2.24, 2.45) is 11.8 Å². The summed E-state index contributed by atoms with van der Waals surface area (Å²) in [5.41, 5.74) is 0. The number of aliphatic hydroxyl groups is 4. The second-order valence-corrected chi connectivity index (χ2v) is 7.52. The molecule has 0 spiro atoms. The Bertz CT molecular complexity index is 596. The van der Waals surface area contributed by atoms with Crippen LogP contribution in [0.5, 0.6) is 0 Å². The number of methoxy groups -OCH3 is 1. The van der Waals surface area contributed by atoms with Gasteiger partial charge in [-0.05, 0) is 6.42 Å². The smallest absolute Gasteiger partial charge is 0.547 e. The van der Waals surface area contributed by atoms with Crippen molar-refractivity contribution in [2.45, 2.75) is 62.2 Å². The van der Waals surface area contributed by atoms with Gasteiger partial charge in [0.25, 0.3) is 0 Å². The van der Waals surface area contributed by atoms with Crippen LogP contribution in [0.1, 0.15) is 13.3 Å². The number of carboxylic acid groups (broad SMARTS) is 2. The van der Waals surface area contributed by atoms with Crippen LogP contribution < -0.4 is 69.3 Å². The summed E-state index contributed by atoms with van der Waals surface area (Å²) in [6, 6.07) is 0. The minimum Gasteiger partial charge on any atom is -0.547 e. The summed E-state index contributed by atoms with van der Waals surface area (Å²) in [7, 11) is 1.32. The molecule has 0 radical (unpaired) electrons. The fourth-order valence-electron chi connectivity index (χ4n) is 3.91. The van der Waals surface area contributed by atoms with Crippen molar-refractivity contribution >= 4 is 11.9 Å². The molecule has 0 saturated carbocycles. The van der Waals surface area contributed by atoms with E-state index in [-0.39, 0.29) is 72.1 Å². The summed E-state index contributed by atoms with van der Waals surface area (Å²) in [6.45, 7) is 0.619. The van der Waals surface area contributed by atoms with Crippen molar-refractivity contribution in [2.75, 3.05) is 26.9 Å². The van der Waals surface area contributed by atoms with Gasteiger partial charge in [-0.1, -0.05) is 6.92 Å². The van der Waals surface area contributed by atoms with Crippen LogP contribution in [-0.4, -0.2) is 108 Å². The Balaban J connectivity index is 0.00000480. The van der Waals surface area contributed by atoms with Crippen molar-refractivity contribution in [3.63, 3.8) is 0 Å². The molecule has 14 heteroatoms. The van der Waals surface area contributed by atoms with Gasteiger partial charge in [-0.15, -0.1) is 0 Å². The summed E-state index contributed by atoms with van der Waals surface area (Å²) >= 11 is 0. The fraction of sp³-hybridized carbons (Fsp3) is 0.889. The summed E-state index contributed by atoms with van der Waals surface area (Å²) in [5.74, 6) is -5.25. The Morgan fingerprint density at radius 2 is 1.22 bits per heavy atom. The Morgan fingerprint density at radius 3 is 1.66 bits per heavy atom. The maximum Gasteiger partial charge on any atom is 1.00 e. The number of hydrogen-bond acceptors (Lipinski definition) is 12. The molecule has 0 amide bonds. The van der Waals surface area contributed by atoms with Crippen LogP contribution in [-0.2, 0) is 28.5 Å². The number of hydrogen-bond donors (Lipinski definition) is 4. The van der Waals surface area contributed by atoms with Gasteiger partial charge in [0, 0.05) is 18.9 Å². The standard InChI is InChI=1S/C18H30O12.2Na/c1-3-7-11(19)14(22)10(30-15(7)17(23)24)6-28-4-8-12(20)13(21)9(5-27-2)29-16(8)18(25)26;;/h7-16,19-22H,3-6H2,1-2H3,(H,23,24)(H,25,26);;/q;2*+1/p-2/t7-,8-,9-,10-,11+,12?,13?,14?,15?,16?;;/m0../s1. The van der Waals surface area contributed by atoms with Gasteiger partial charge in [0.15, 0.2) is 0 Å². The molecule has 10 atom stereocenters. The van der Waals surface area contributed by atoms with Crippen molar-refractivity contribution < 1.29 is 118 Å². The van der Waals surface area contributed by atoms with Gasteiger partial charge < -0.3 is 59.2 Å². The monoisotopic (exact) mass is 482 g/mol. The molecule has 0 bridgehead atoms. The van der Waals surface area contributed by atoms with E-state index >= 15 is 0 Å². The molecule has 0 aliphatic carbocycles. The molecule has 0 aromatic heterocycles. The normalized spacial score (nSPS) is 39.4. The molecule has 0 aromatic carbocycles. The zero-order valence-electron chi connectivity index (χ0n) is 18.7. The number of aliphatic carboxylic acids is 2. The maximum absolute atomic E-state index is 11.4. The minimum atomic E-state index is -1.62. The van der Waals surface area contributed by atoms with Crippen LogP contribution in [0.15, 0.2) is 0 Å². The minimum absolute atomic E-state index is 0. The van der Waals surface area contributed by atoms with E-state index in [0.29, 0.717) is 0 Å². The van der Waals surface area contributed by atoms with E-state index in [1.54, 1.807) is 6.92 Å². The van der Waals surface area contributed by atoms with E-state index < -0.39 is 85.8 Å². The van der Waals surface area contributed by atoms with Crippen LogP contribution in [0.2, 0.25) is 0 Å². The summed E-state index contributed by atoms with van der Waals surface area (Å²) in [5, 5.41) is 63.5. The van der Waals surface area contributed by atoms with Crippen LogP contribution in [0, 0.1) is 11.8 Å². The summed E-state index contributed by atoms with van der Waals surface area (Å²) in [4.78, 5) is 22.7. The second-order valence-electron chi connectivity index (χ2n) is 7.52. The number of aliphatic hydroxyl groups excluding tert-OH is 4. The van der Waals surface area contributed by atoms with Gasteiger partial charge >= 0.3 is 59.1 Å². The topological polar surface area (TPSA) is 198 Å². The average molecular weight is 482 g/mol. The molecule has 174 valence electrons. The Kier molecular flexibility index (Phi) is 15.2. The number of rotatable bonds is 9. The maximum atomic E-state index is 11.4. The molecule has 5 unspecified atom stereocenters. The van der Waals surface area contributed by atoms with Crippen LogP contribution in [0.25, 0.3) is 0 Å². The van der Waals surface area contributed by atoms with Gasteiger partial charge in [0.1, 0.15) is 36.6 Å². The fourth-order valence-corrected chi connectivity index (χ4v) is 3.91. The SMILES string of the molecule is CC[C@@H]1C(C(=O)[O-])O[C@@H](COC[C@@H]2C(C(=O)[O-])O[C@@H](COC)C(O)C2O)C(O)[C@@H]1O.[Na+].[Na+]. The number of carboxylic acids is 2. The summed E-state index contributed by atoms with van der Waals surface area (Å²) in [6.07, 6.45) is -11.0. The van der Waals surface area contributed by atoms with Crippen LogP contribution in [0.3, 0.4) is 0 Å². The first kappa shape index (κ1) is 32.6. The quantitative estimate of drug-likeness (QED) is 0.227. The first-order chi connectivity index (χ1) is 14.1. The van der Waals surface area contributed by atoms with Crippen molar-refractivity contribution in [3.8, 4) is 0 Å². The van der Waals surface area contributed by atoms with E-state index in [1.165, 1.54) is 7.11 Å². The van der Waals surface area contributed by atoms with Crippen molar-refractivity contribution in [1.82, 2.24) is 0 Å².